The van der Waals surface area contributed by atoms with E-state index in [1.807, 2.05) is 30.3 Å². The first kappa shape index (κ1) is 21.3. The number of hydrogen-bond donors (Lipinski definition) is 1. The number of carbonyl (C=O) groups excluding carboxylic acids is 1. The maximum Gasteiger partial charge on any atom is 0.331 e. The minimum atomic E-state index is -0.455. The Bertz CT molecular complexity index is 960. The van der Waals surface area contributed by atoms with Gasteiger partial charge in [-0.05, 0) is 31.2 Å². The molecule has 156 valence electrons. The molecule has 8 heteroatoms. The van der Waals surface area contributed by atoms with Gasteiger partial charge in [0.1, 0.15) is 6.54 Å². The molecule has 3 heterocycles. The third-order valence-corrected chi connectivity index (χ3v) is 6.02. The molecular formula is C21H27ClN4O3. The summed E-state index contributed by atoms with van der Waals surface area (Å²) in [5, 5.41) is 3.57. The highest BCUT2D eigenvalue weighted by Crippen LogP contribution is 2.29. The fraction of sp³-hybridized carbons (Fsp3) is 0.476. The number of aromatic nitrogens is 2. The highest BCUT2D eigenvalue weighted by Gasteiger charge is 2.36. The number of nitrogens with zero attached hydrogens (tertiary/aromatic N) is 3. The molecule has 1 aromatic heterocycles. The maximum absolute atomic E-state index is 12.8. The van der Waals surface area contributed by atoms with E-state index in [-0.39, 0.29) is 30.9 Å². The Morgan fingerprint density at radius 3 is 2.41 bits per heavy atom. The fourth-order valence-corrected chi connectivity index (χ4v) is 4.40. The second kappa shape index (κ2) is 8.97. The summed E-state index contributed by atoms with van der Waals surface area (Å²) in [6.07, 6.45) is 5.67. The van der Waals surface area contributed by atoms with Crippen molar-refractivity contribution in [3.05, 3.63) is 69.0 Å². The van der Waals surface area contributed by atoms with Crippen molar-refractivity contribution in [3.8, 4) is 0 Å². The average Bonchev–Trinajstić information content (AvgIpc) is 3.05. The standard InChI is InChI=1S/C21H26N4O3.ClH/c1-23(18-11-16-7-8-17(12-18)22-16)20(27)14-25-19(26)9-10-24(21(25)28)13-15-5-3-2-4-6-15;/h2-6,9-10,16-18,22H,7-8,11-14H2,1H3;1H. The molecular weight excluding hydrogens is 392 g/mol. The zero-order valence-electron chi connectivity index (χ0n) is 16.5. The van der Waals surface area contributed by atoms with E-state index < -0.39 is 11.2 Å². The molecule has 0 radical (unpaired) electrons. The van der Waals surface area contributed by atoms with E-state index in [0.29, 0.717) is 18.6 Å². The Labute approximate surface area is 175 Å². The Morgan fingerprint density at radius 2 is 1.76 bits per heavy atom. The number of rotatable bonds is 5. The number of benzene rings is 1. The lowest BCUT2D eigenvalue weighted by Gasteiger charge is -2.35. The number of amides is 1. The molecule has 2 saturated heterocycles. The molecule has 0 spiro atoms. The second-order valence-electron chi connectivity index (χ2n) is 7.90. The van der Waals surface area contributed by atoms with Crippen molar-refractivity contribution in [1.29, 1.82) is 0 Å². The Kier molecular flexibility index (Phi) is 6.59. The zero-order chi connectivity index (χ0) is 19.7. The molecule has 2 fully saturated rings. The number of halogens is 1. The first-order chi connectivity index (χ1) is 13.5. The van der Waals surface area contributed by atoms with Gasteiger partial charge in [0.25, 0.3) is 5.56 Å². The molecule has 1 amide bonds. The van der Waals surface area contributed by atoms with Crippen molar-refractivity contribution in [2.45, 2.75) is 56.9 Å². The minimum Gasteiger partial charge on any atom is -0.341 e. The highest BCUT2D eigenvalue weighted by atomic mass is 35.5. The van der Waals surface area contributed by atoms with Crippen LogP contribution in [0, 0.1) is 0 Å². The van der Waals surface area contributed by atoms with Gasteiger partial charge in [-0.1, -0.05) is 30.3 Å². The molecule has 2 aliphatic rings. The van der Waals surface area contributed by atoms with Crippen LogP contribution in [0.25, 0.3) is 0 Å². The number of carbonyl (C=O) groups is 1. The minimum absolute atomic E-state index is 0. The summed E-state index contributed by atoms with van der Waals surface area (Å²) >= 11 is 0. The van der Waals surface area contributed by atoms with Crippen molar-refractivity contribution in [2.24, 2.45) is 0 Å². The molecule has 2 aliphatic heterocycles. The molecule has 2 bridgehead atoms. The third kappa shape index (κ3) is 4.62. The molecule has 7 nitrogen and oxygen atoms in total. The first-order valence-corrected chi connectivity index (χ1v) is 9.87. The van der Waals surface area contributed by atoms with Crippen LogP contribution in [0.2, 0.25) is 0 Å². The van der Waals surface area contributed by atoms with Crippen LogP contribution in [-0.4, -0.2) is 45.1 Å². The SMILES string of the molecule is CN(C(=O)Cn1c(=O)ccn(Cc2ccccc2)c1=O)C1CC2CCC(C1)N2.Cl. The predicted octanol–water partition coefficient (Wildman–Crippen LogP) is 1.22. The van der Waals surface area contributed by atoms with Crippen LogP contribution < -0.4 is 16.6 Å². The molecule has 29 heavy (non-hydrogen) atoms. The molecule has 2 aromatic rings. The number of fused-ring (bicyclic) bond motifs is 2. The Balaban J connectivity index is 0.00000240. The van der Waals surface area contributed by atoms with E-state index in [1.54, 1.807) is 11.9 Å². The van der Waals surface area contributed by atoms with Crippen molar-refractivity contribution in [2.75, 3.05) is 7.05 Å². The van der Waals surface area contributed by atoms with E-state index in [2.05, 4.69) is 5.32 Å². The second-order valence-corrected chi connectivity index (χ2v) is 7.90. The average molecular weight is 419 g/mol. The zero-order valence-corrected chi connectivity index (χ0v) is 17.3. The monoisotopic (exact) mass is 418 g/mol. The van der Waals surface area contributed by atoms with Crippen LogP contribution in [0.15, 0.2) is 52.2 Å². The smallest absolute Gasteiger partial charge is 0.331 e. The summed E-state index contributed by atoms with van der Waals surface area (Å²) in [4.78, 5) is 39.6. The lowest BCUT2D eigenvalue weighted by atomic mass is 9.98. The number of piperidine rings is 1. The Hall–Kier alpha value is -2.38. The van der Waals surface area contributed by atoms with Gasteiger partial charge in [-0.2, -0.15) is 0 Å². The van der Waals surface area contributed by atoms with Gasteiger partial charge >= 0.3 is 5.69 Å². The summed E-state index contributed by atoms with van der Waals surface area (Å²) in [6, 6.07) is 12.0. The van der Waals surface area contributed by atoms with Gasteiger partial charge in [0, 0.05) is 37.4 Å². The molecule has 2 unspecified atom stereocenters. The molecule has 4 rings (SSSR count). The van der Waals surface area contributed by atoms with Crippen molar-refractivity contribution >= 4 is 18.3 Å². The number of likely N-dealkylation sites (N-methyl/N-ethyl adjacent to an activating group) is 1. The summed E-state index contributed by atoms with van der Waals surface area (Å²) < 4.78 is 2.51. The normalized spacial score (nSPS) is 22.7. The summed E-state index contributed by atoms with van der Waals surface area (Å²) in [6.45, 7) is 0.144. The van der Waals surface area contributed by atoms with E-state index in [1.165, 1.54) is 16.8 Å². The van der Waals surface area contributed by atoms with E-state index in [4.69, 9.17) is 0 Å². The Morgan fingerprint density at radius 1 is 1.10 bits per heavy atom. The summed E-state index contributed by atoms with van der Waals surface area (Å²) in [5.41, 5.74) is 0.0633. The lowest BCUT2D eigenvalue weighted by Crippen LogP contribution is -2.51. The lowest BCUT2D eigenvalue weighted by molar-refractivity contribution is -0.133. The molecule has 1 N–H and O–H groups in total. The van der Waals surface area contributed by atoms with Crippen LogP contribution in [0.3, 0.4) is 0 Å². The molecule has 1 aromatic carbocycles. The quantitative estimate of drug-likeness (QED) is 0.792. The van der Waals surface area contributed by atoms with E-state index >= 15 is 0 Å². The number of nitrogens with one attached hydrogen (secondary N) is 1. The van der Waals surface area contributed by atoms with Gasteiger partial charge in [0.05, 0.1) is 6.54 Å². The molecule has 0 saturated carbocycles. The van der Waals surface area contributed by atoms with Crippen LogP contribution in [-0.2, 0) is 17.9 Å². The fourth-order valence-electron chi connectivity index (χ4n) is 4.40. The van der Waals surface area contributed by atoms with Gasteiger partial charge in [-0.15, -0.1) is 12.4 Å². The van der Waals surface area contributed by atoms with E-state index in [0.717, 1.165) is 35.8 Å². The van der Waals surface area contributed by atoms with Crippen molar-refractivity contribution in [3.63, 3.8) is 0 Å². The van der Waals surface area contributed by atoms with Crippen LogP contribution in [0.1, 0.15) is 31.2 Å². The van der Waals surface area contributed by atoms with Gasteiger partial charge in [-0.25, -0.2) is 4.79 Å². The topological polar surface area (TPSA) is 76.3 Å². The van der Waals surface area contributed by atoms with Gasteiger partial charge in [0.15, 0.2) is 0 Å². The first-order valence-electron chi connectivity index (χ1n) is 9.87. The highest BCUT2D eigenvalue weighted by molar-refractivity contribution is 5.85. The van der Waals surface area contributed by atoms with Crippen LogP contribution >= 0.6 is 12.4 Å². The third-order valence-electron chi connectivity index (χ3n) is 6.02. The molecule has 2 atom stereocenters. The largest absolute Gasteiger partial charge is 0.341 e. The summed E-state index contributed by atoms with van der Waals surface area (Å²) in [5.74, 6) is -0.192. The van der Waals surface area contributed by atoms with Crippen LogP contribution in [0.4, 0.5) is 0 Å². The maximum atomic E-state index is 12.8. The van der Waals surface area contributed by atoms with Crippen molar-refractivity contribution in [1.82, 2.24) is 19.4 Å². The molecule has 0 aliphatic carbocycles. The van der Waals surface area contributed by atoms with E-state index in [9.17, 15) is 14.4 Å². The van der Waals surface area contributed by atoms with Crippen LogP contribution in [0.5, 0.6) is 0 Å². The summed E-state index contributed by atoms with van der Waals surface area (Å²) in [7, 11) is 1.79. The van der Waals surface area contributed by atoms with Gasteiger partial charge in [-0.3, -0.25) is 18.7 Å². The van der Waals surface area contributed by atoms with Gasteiger partial charge in [0.2, 0.25) is 5.91 Å². The van der Waals surface area contributed by atoms with Crippen molar-refractivity contribution < 1.29 is 4.79 Å². The number of hydrogen-bond acceptors (Lipinski definition) is 4. The predicted molar refractivity (Wildman–Crippen MR) is 113 cm³/mol. The van der Waals surface area contributed by atoms with Gasteiger partial charge < -0.3 is 10.2 Å².